The Kier molecular flexibility index (Phi) is 4.29. The van der Waals surface area contributed by atoms with Crippen LogP contribution in [0.1, 0.15) is 29.9 Å². The van der Waals surface area contributed by atoms with Crippen LogP contribution in [0.25, 0.3) is 5.69 Å². The second-order valence-electron chi connectivity index (χ2n) is 6.24. The Bertz CT molecular complexity index is 828. The highest BCUT2D eigenvalue weighted by molar-refractivity contribution is 5.30. The average molecular weight is 339 g/mol. The lowest BCUT2D eigenvalue weighted by Crippen LogP contribution is -2.27. The number of aryl methyl sites for hydroxylation is 1. The van der Waals surface area contributed by atoms with Crippen LogP contribution < -0.4 is 0 Å². The summed E-state index contributed by atoms with van der Waals surface area (Å²) in [6, 6.07) is 10.1. The number of aromatic nitrogens is 6. The van der Waals surface area contributed by atoms with Crippen molar-refractivity contribution in [3.8, 4) is 5.69 Å². The highest BCUT2D eigenvalue weighted by Gasteiger charge is 2.36. The number of likely N-dealkylation sites (tertiary alicyclic amines) is 1. The number of hydrogen-bond donors (Lipinski definition) is 1. The van der Waals surface area contributed by atoms with Crippen molar-refractivity contribution in [1.29, 1.82) is 0 Å². The van der Waals surface area contributed by atoms with Gasteiger partial charge in [-0.3, -0.25) is 10.00 Å². The third kappa shape index (κ3) is 3.18. The van der Waals surface area contributed by atoms with E-state index in [9.17, 15) is 0 Å². The van der Waals surface area contributed by atoms with Crippen molar-refractivity contribution in [2.45, 2.75) is 32.0 Å². The van der Waals surface area contributed by atoms with Crippen molar-refractivity contribution in [3.63, 3.8) is 0 Å². The molecule has 1 aromatic carbocycles. The molecule has 0 bridgehead atoms. The summed E-state index contributed by atoms with van der Waals surface area (Å²) in [6.45, 7) is 3.39. The highest BCUT2D eigenvalue weighted by atomic mass is 16.5. The van der Waals surface area contributed by atoms with Gasteiger partial charge in [0.1, 0.15) is 18.0 Å². The average Bonchev–Trinajstić information content (AvgIpc) is 3.36. The molecule has 0 unspecified atom stereocenters. The number of nitrogens with one attached hydrogen (secondary N) is 1. The Morgan fingerprint density at radius 1 is 1.28 bits per heavy atom. The van der Waals surface area contributed by atoms with E-state index in [2.05, 4.69) is 30.2 Å². The first-order valence-corrected chi connectivity index (χ1v) is 8.34. The molecule has 0 aliphatic carbocycles. The molecule has 2 atom stereocenters. The van der Waals surface area contributed by atoms with Gasteiger partial charge in [-0.15, -0.1) is 0 Å². The third-order valence-electron chi connectivity index (χ3n) is 4.57. The number of para-hydroxylation sites is 1. The molecule has 1 saturated heterocycles. The lowest BCUT2D eigenvalue weighted by Gasteiger charge is -2.21. The highest BCUT2D eigenvalue weighted by Crippen LogP contribution is 2.32. The lowest BCUT2D eigenvalue weighted by molar-refractivity contribution is 0.107. The number of methoxy groups -OCH3 is 1. The van der Waals surface area contributed by atoms with Gasteiger partial charge in [-0.25, -0.2) is 14.6 Å². The molecular weight excluding hydrogens is 318 g/mol. The molecule has 3 heterocycles. The van der Waals surface area contributed by atoms with Crippen LogP contribution in [0.3, 0.4) is 0 Å². The van der Waals surface area contributed by atoms with Crippen molar-refractivity contribution in [3.05, 3.63) is 54.1 Å². The van der Waals surface area contributed by atoms with Gasteiger partial charge in [0.25, 0.3) is 0 Å². The number of rotatable bonds is 5. The molecule has 1 aliphatic heterocycles. The van der Waals surface area contributed by atoms with E-state index in [4.69, 9.17) is 4.74 Å². The van der Waals surface area contributed by atoms with Crippen LogP contribution in [0.4, 0.5) is 0 Å². The molecule has 0 saturated carbocycles. The molecule has 130 valence electrons. The van der Waals surface area contributed by atoms with E-state index < -0.39 is 0 Å². The van der Waals surface area contributed by atoms with Crippen molar-refractivity contribution in [2.24, 2.45) is 0 Å². The molecule has 2 aromatic heterocycles. The number of ether oxygens (including phenoxy) is 1. The van der Waals surface area contributed by atoms with E-state index in [0.717, 1.165) is 36.1 Å². The fourth-order valence-corrected chi connectivity index (χ4v) is 3.32. The summed E-state index contributed by atoms with van der Waals surface area (Å²) in [5.74, 6) is 2.52. The second kappa shape index (κ2) is 6.73. The maximum Gasteiger partial charge on any atom is 0.167 e. The van der Waals surface area contributed by atoms with Crippen molar-refractivity contribution < 1.29 is 4.74 Å². The molecule has 4 rings (SSSR count). The van der Waals surface area contributed by atoms with Crippen LogP contribution >= 0.6 is 0 Å². The minimum atomic E-state index is 0.107. The van der Waals surface area contributed by atoms with Crippen molar-refractivity contribution in [2.75, 3.05) is 13.7 Å². The maximum atomic E-state index is 5.58. The summed E-state index contributed by atoms with van der Waals surface area (Å²) >= 11 is 0. The molecule has 8 nitrogen and oxygen atoms in total. The van der Waals surface area contributed by atoms with Gasteiger partial charge in [0.05, 0.1) is 24.4 Å². The van der Waals surface area contributed by atoms with Crippen LogP contribution in [0.15, 0.2) is 36.7 Å². The monoisotopic (exact) mass is 339 g/mol. The number of hydrogen-bond acceptors (Lipinski definition) is 6. The SMILES string of the molecule is CO[C@@H]1C[C@@H](c2n[nH]c(C)n2)N(Cc2ncnn2-c2ccccc2)C1. The van der Waals surface area contributed by atoms with Crippen LogP contribution in [-0.4, -0.2) is 54.6 Å². The zero-order valence-corrected chi connectivity index (χ0v) is 14.3. The van der Waals surface area contributed by atoms with Crippen molar-refractivity contribution in [1.82, 2.24) is 34.8 Å². The maximum absolute atomic E-state index is 5.58. The minimum Gasteiger partial charge on any atom is -0.380 e. The molecule has 1 aliphatic rings. The largest absolute Gasteiger partial charge is 0.380 e. The van der Waals surface area contributed by atoms with Gasteiger partial charge in [0.15, 0.2) is 5.82 Å². The summed E-state index contributed by atoms with van der Waals surface area (Å²) in [5, 5.41) is 11.7. The van der Waals surface area contributed by atoms with Gasteiger partial charge in [-0.05, 0) is 25.5 Å². The molecular formula is C17H21N7O. The number of aromatic amines is 1. The molecule has 1 N–H and O–H groups in total. The standard InChI is InChI=1S/C17H21N7O/c1-12-20-17(22-21-12)15-8-14(25-2)9-23(15)10-16-18-11-19-24(16)13-6-4-3-5-7-13/h3-7,11,14-15H,8-10H2,1-2H3,(H,20,21,22)/t14-,15+/m1/s1. The summed E-state index contributed by atoms with van der Waals surface area (Å²) in [5.41, 5.74) is 1.00. The predicted molar refractivity (Wildman–Crippen MR) is 91.0 cm³/mol. The molecule has 1 fully saturated rings. The molecule has 3 aromatic rings. The van der Waals surface area contributed by atoms with Crippen LogP contribution in [-0.2, 0) is 11.3 Å². The van der Waals surface area contributed by atoms with Gasteiger partial charge >= 0.3 is 0 Å². The number of benzene rings is 1. The van der Waals surface area contributed by atoms with E-state index in [1.54, 1.807) is 13.4 Å². The third-order valence-corrected chi connectivity index (χ3v) is 4.57. The molecule has 25 heavy (non-hydrogen) atoms. The van der Waals surface area contributed by atoms with Gasteiger partial charge in [0.2, 0.25) is 0 Å². The van der Waals surface area contributed by atoms with E-state index in [-0.39, 0.29) is 12.1 Å². The Labute approximate surface area is 145 Å². The van der Waals surface area contributed by atoms with Gasteiger partial charge in [-0.1, -0.05) is 18.2 Å². The van der Waals surface area contributed by atoms with E-state index in [1.165, 1.54) is 0 Å². The normalized spacial score (nSPS) is 21.0. The summed E-state index contributed by atoms with van der Waals surface area (Å²) in [4.78, 5) is 11.3. The predicted octanol–water partition coefficient (Wildman–Crippen LogP) is 1.66. The van der Waals surface area contributed by atoms with E-state index in [0.29, 0.717) is 6.54 Å². The summed E-state index contributed by atoms with van der Waals surface area (Å²) in [6.07, 6.45) is 2.63. The molecule has 0 spiro atoms. The van der Waals surface area contributed by atoms with Crippen molar-refractivity contribution >= 4 is 0 Å². The van der Waals surface area contributed by atoms with Gasteiger partial charge in [-0.2, -0.15) is 10.2 Å². The molecule has 0 amide bonds. The van der Waals surface area contributed by atoms with Crippen LogP contribution in [0, 0.1) is 6.92 Å². The van der Waals surface area contributed by atoms with Crippen LogP contribution in [0.5, 0.6) is 0 Å². The first kappa shape index (κ1) is 15.9. The molecule has 8 heteroatoms. The Balaban J connectivity index is 1.60. The van der Waals surface area contributed by atoms with E-state index >= 15 is 0 Å². The second-order valence-corrected chi connectivity index (χ2v) is 6.24. The summed E-state index contributed by atoms with van der Waals surface area (Å²) < 4.78 is 7.46. The number of nitrogens with zero attached hydrogens (tertiary/aromatic N) is 6. The van der Waals surface area contributed by atoms with E-state index in [1.807, 2.05) is 41.9 Å². The first-order chi connectivity index (χ1) is 12.2. The Morgan fingerprint density at radius 2 is 2.12 bits per heavy atom. The zero-order valence-electron chi connectivity index (χ0n) is 14.3. The fourth-order valence-electron chi connectivity index (χ4n) is 3.32. The lowest BCUT2D eigenvalue weighted by atomic mass is 10.2. The van der Waals surface area contributed by atoms with Crippen LogP contribution in [0.2, 0.25) is 0 Å². The smallest absolute Gasteiger partial charge is 0.167 e. The Hall–Kier alpha value is -2.58. The molecule has 0 radical (unpaired) electrons. The first-order valence-electron chi connectivity index (χ1n) is 8.34. The topological polar surface area (TPSA) is 84.8 Å². The van der Waals surface area contributed by atoms with Gasteiger partial charge < -0.3 is 4.74 Å². The summed E-state index contributed by atoms with van der Waals surface area (Å²) in [7, 11) is 1.75. The Morgan fingerprint density at radius 3 is 2.84 bits per heavy atom. The zero-order chi connectivity index (χ0) is 17.2. The van der Waals surface area contributed by atoms with Gasteiger partial charge in [0, 0.05) is 13.7 Å². The fraction of sp³-hybridized carbons (Fsp3) is 0.412. The number of H-pyrrole nitrogens is 1. The quantitative estimate of drug-likeness (QED) is 0.761. The minimum absolute atomic E-state index is 0.107.